The van der Waals surface area contributed by atoms with Gasteiger partial charge in [0.2, 0.25) is 5.91 Å². The second kappa shape index (κ2) is 17.0. The molecule has 2 amide bonds. The zero-order valence-electron chi connectivity index (χ0n) is 31.2. The quantitative estimate of drug-likeness (QED) is 0.108. The molecule has 2 aromatic carbocycles. The van der Waals surface area contributed by atoms with E-state index >= 15 is 0 Å². The Morgan fingerprint density at radius 3 is 2.56 bits per heavy atom. The van der Waals surface area contributed by atoms with Gasteiger partial charge < -0.3 is 39.4 Å². The van der Waals surface area contributed by atoms with Crippen molar-refractivity contribution < 1.29 is 28.6 Å². The molecule has 1 aliphatic carbocycles. The fourth-order valence-corrected chi connectivity index (χ4v) is 8.44. The van der Waals surface area contributed by atoms with Crippen molar-refractivity contribution in [3.8, 4) is 11.5 Å². The average Bonchev–Trinajstić information content (AvgIpc) is 3.67. The third-order valence-corrected chi connectivity index (χ3v) is 15.7. The largest absolute Gasteiger partial charge is 0.506 e. The van der Waals surface area contributed by atoms with E-state index in [1.54, 1.807) is 17.0 Å². The van der Waals surface area contributed by atoms with E-state index in [9.17, 15) is 14.7 Å². The topological polar surface area (TPSA) is 113 Å². The summed E-state index contributed by atoms with van der Waals surface area (Å²) >= 11 is 0. The van der Waals surface area contributed by atoms with Gasteiger partial charge in [-0.25, -0.2) is 0 Å². The maximum absolute atomic E-state index is 12.9. The number of nitrogens with one attached hydrogen (secondary N) is 2. The van der Waals surface area contributed by atoms with Crippen molar-refractivity contribution in [1.82, 2.24) is 15.1 Å². The fraction of sp³-hybridized carbons (Fsp3) is 0.641. The molecule has 2 heterocycles. The molecule has 11 heteroatoms. The number of ether oxygens (including phenoxy) is 2. The number of phenols is 1. The minimum Gasteiger partial charge on any atom is -0.506 e. The summed E-state index contributed by atoms with van der Waals surface area (Å²) < 4.78 is 18.5. The zero-order valence-corrected chi connectivity index (χ0v) is 32.2. The van der Waals surface area contributed by atoms with Crippen LogP contribution in [-0.2, 0) is 31.6 Å². The van der Waals surface area contributed by atoms with Crippen LogP contribution < -0.4 is 15.4 Å². The van der Waals surface area contributed by atoms with Crippen LogP contribution in [-0.4, -0.2) is 101 Å². The standard InChI is InChI=1S/C39H60N4O6Si/c1-39(2,3)50(5,6)49-34(32-13-14-33(44)37-38(32)48-27-35(45)41-37)24-40-18-20-42(4)36(46)17-22-47-21-16-29-10-7-9-28(23-29)15-19-43-25-30-11-8-12-31(30)26-43/h7,9-10,13-14,23,30-31,34,40,44H,8,11-12,15-22,24-27H2,1-6H3,(H,41,45)/t30?,31?,34-/m0/s1. The maximum Gasteiger partial charge on any atom is 0.262 e. The number of amides is 2. The van der Waals surface area contributed by atoms with Crippen LogP contribution in [0.15, 0.2) is 36.4 Å². The van der Waals surface area contributed by atoms with Crippen LogP contribution in [0.1, 0.15) is 69.2 Å². The lowest BCUT2D eigenvalue weighted by Crippen LogP contribution is -2.44. The second-order valence-electron chi connectivity index (χ2n) is 16.0. The number of carbonyl (C=O) groups is 2. The summed E-state index contributed by atoms with van der Waals surface area (Å²) in [6.45, 7) is 17.2. The Labute approximate surface area is 300 Å². The predicted molar refractivity (Wildman–Crippen MR) is 200 cm³/mol. The molecule has 50 heavy (non-hydrogen) atoms. The van der Waals surface area contributed by atoms with Gasteiger partial charge in [0.15, 0.2) is 20.7 Å². The van der Waals surface area contributed by atoms with Crippen LogP contribution in [0, 0.1) is 11.8 Å². The Hall–Kier alpha value is -2.96. The van der Waals surface area contributed by atoms with Crippen molar-refractivity contribution in [3.63, 3.8) is 0 Å². The Bertz CT molecular complexity index is 1450. The van der Waals surface area contributed by atoms with Crippen LogP contribution in [0.25, 0.3) is 0 Å². The van der Waals surface area contributed by atoms with E-state index in [2.05, 4.69) is 73.7 Å². The Kier molecular flexibility index (Phi) is 13.0. The average molecular weight is 709 g/mol. The van der Waals surface area contributed by atoms with Gasteiger partial charge in [-0.15, -0.1) is 0 Å². The summed E-state index contributed by atoms with van der Waals surface area (Å²) in [5.41, 5.74) is 3.73. The molecule has 10 nitrogen and oxygen atoms in total. The number of anilines is 1. The molecule has 276 valence electrons. The van der Waals surface area contributed by atoms with E-state index in [0.717, 1.165) is 36.8 Å². The molecule has 0 spiro atoms. The van der Waals surface area contributed by atoms with E-state index in [1.807, 2.05) is 7.05 Å². The number of aromatic hydroxyl groups is 1. The first-order valence-corrected chi connectivity index (χ1v) is 21.5. The van der Waals surface area contributed by atoms with Crippen molar-refractivity contribution in [1.29, 1.82) is 0 Å². The fourth-order valence-electron chi connectivity index (χ4n) is 7.17. The maximum atomic E-state index is 12.9. The lowest BCUT2D eigenvalue weighted by Gasteiger charge is -2.40. The van der Waals surface area contributed by atoms with Crippen LogP contribution in [0.5, 0.6) is 11.5 Å². The first kappa shape index (κ1) is 38.3. The molecule has 3 aliphatic rings. The van der Waals surface area contributed by atoms with Crippen molar-refractivity contribution in [3.05, 3.63) is 53.1 Å². The number of likely N-dealkylation sites (tertiary alicyclic amines) is 1. The van der Waals surface area contributed by atoms with Crippen LogP contribution in [0.4, 0.5) is 5.69 Å². The van der Waals surface area contributed by atoms with E-state index in [-0.39, 0.29) is 41.0 Å². The smallest absolute Gasteiger partial charge is 0.262 e. The lowest BCUT2D eigenvalue weighted by molar-refractivity contribution is -0.131. The summed E-state index contributed by atoms with van der Waals surface area (Å²) in [7, 11) is -0.388. The minimum atomic E-state index is -2.21. The number of fused-ring (bicyclic) bond motifs is 2. The van der Waals surface area contributed by atoms with Gasteiger partial charge in [-0.05, 0) is 78.9 Å². The Morgan fingerprint density at radius 2 is 1.84 bits per heavy atom. The van der Waals surface area contributed by atoms with Gasteiger partial charge in [0.25, 0.3) is 5.91 Å². The second-order valence-corrected chi connectivity index (χ2v) is 20.8. The van der Waals surface area contributed by atoms with Crippen LogP contribution in [0.2, 0.25) is 18.1 Å². The Morgan fingerprint density at radius 1 is 1.12 bits per heavy atom. The molecule has 0 radical (unpaired) electrons. The minimum absolute atomic E-state index is 0.0253. The number of likely N-dealkylation sites (N-methyl/N-ethyl adjacent to an activating group) is 1. The van der Waals surface area contributed by atoms with E-state index in [1.165, 1.54) is 43.5 Å². The third kappa shape index (κ3) is 10.1. The molecule has 3 atom stereocenters. The van der Waals surface area contributed by atoms with Gasteiger partial charge in [0.05, 0.1) is 25.7 Å². The summed E-state index contributed by atoms with van der Waals surface area (Å²) in [6, 6.07) is 12.2. The van der Waals surface area contributed by atoms with Gasteiger partial charge in [0.1, 0.15) is 11.4 Å². The van der Waals surface area contributed by atoms with Crippen molar-refractivity contribution in [2.75, 3.05) is 71.5 Å². The van der Waals surface area contributed by atoms with Crippen LogP contribution >= 0.6 is 0 Å². The molecular formula is C39H60N4O6Si. The van der Waals surface area contributed by atoms with E-state index in [0.29, 0.717) is 45.0 Å². The summed E-state index contributed by atoms with van der Waals surface area (Å²) in [6.07, 6.45) is 6.19. The predicted octanol–water partition coefficient (Wildman–Crippen LogP) is 5.76. The molecule has 2 fully saturated rings. The van der Waals surface area contributed by atoms with Crippen LogP contribution in [0.3, 0.4) is 0 Å². The van der Waals surface area contributed by atoms with E-state index < -0.39 is 8.32 Å². The monoisotopic (exact) mass is 708 g/mol. The third-order valence-electron chi connectivity index (χ3n) is 11.3. The number of hydrogen-bond donors (Lipinski definition) is 3. The normalized spacial score (nSPS) is 19.8. The van der Waals surface area contributed by atoms with E-state index in [4.69, 9.17) is 13.9 Å². The highest BCUT2D eigenvalue weighted by Gasteiger charge is 2.40. The van der Waals surface area contributed by atoms with Crippen molar-refractivity contribution in [2.24, 2.45) is 11.8 Å². The highest BCUT2D eigenvalue weighted by atomic mass is 28.4. The highest BCUT2D eigenvalue weighted by Crippen LogP contribution is 2.45. The summed E-state index contributed by atoms with van der Waals surface area (Å²) in [5.74, 6) is 2.02. The number of nitrogens with zero attached hydrogens (tertiary/aromatic N) is 2. The van der Waals surface area contributed by atoms with Crippen molar-refractivity contribution >= 4 is 25.8 Å². The highest BCUT2D eigenvalue weighted by molar-refractivity contribution is 6.74. The number of hydrogen-bond acceptors (Lipinski definition) is 8. The molecule has 5 rings (SSSR count). The molecule has 1 saturated carbocycles. The number of rotatable bonds is 17. The van der Waals surface area contributed by atoms with Gasteiger partial charge >= 0.3 is 0 Å². The molecule has 2 unspecified atom stereocenters. The summed E-state index contributed by atoms with van der Waals surface area (Å²) in [4.78, 5) is 29.2. The first-order chi connectivity index (χ1) is 23.8. The molecule has 2 aromatic rings. The van der Waals surface area contributed by atoms with Gasteiger partial charge in [0, 0.05) is 51.9 Å². The molecule has 2 aliphatic heterocycles. The van der Waals surface area contributed by atoms with Gasteiger partial charge in [-0.1, -0.05) is 51.5 Å². The molecule has 1 saturated heterocycles. The molecule has 0 aromatic heterocycles. The zero-order chi connectivity index (χ0) is 35.9. The SMILES string of the molecule is CN(CCNC[C@H](O[Si](C)(C)C(C)(C)C)c1ccc(O)c2c1OCC(=O)N2)C(=O)CCOCCc1cccc(CCN2CC3CCCC3C2)c1. The number of phenolic OH excluding ortho intramolecular Hbond substituents is 1. The number of carbonyl (C=O) groups excluding carboxylic acids is 2. The van der Waals surface area contributed by atoms with Gasteiger partial charge in [-0.3, -0.25) is 9.59 Å². The Balaban J connectivity index is 1.02. The molecule has 3 N–H and O–H groups in total. The lowest BCUT2D eigenvalue weighted by atomic mass is 10.0. The number of benzene rings is 2. The van der Waals surface area contributed by atoms with Crippen molar-refractivity contribution in [2.45, 2.75) is 83.5 Å². The molecule has 0 bridgehead atoms. The molecular weight excluding hydrogens is 649 g/mol. The summed E-state index contributed by atoms with van der Waals surface area (Å²) in [5, 5.41) is 16.6. The van der Waals surface area contributed by atoms with Gasteiger partial charge in [-0.2, -0.15) is 0 Å². The first-order valence-electron chi connectivity index (χ1n) is 18.6.